The minimum atomic E-state index is 0.0715. The van der Waals surface area contributed by atoms with Crippen LogP contribution >= 0.6 is 23.1 Å². The number of amides is 2. The number of nitrogens with zero attached hydrogens (tertiary/aromatic N) is 4. The van der Waals surface area contributed by atoms with Crippen LogP contribution in [0.15, 0.2) is 58.9 Å². The maximum atomic E-state index is 12.6. The third kappa shape index (κ3) is 5.87. The first-order chi connectivity index (χ1) is 16.6. The van der Waals surface area contributed by atoms with Crippen LogP contribution < -0.4 is 10.1 Å². The van der Waals surface area contributed by atoms with Crippen LogP contribution in [0.1, 0.15) is 12.8 Å². The number of para-hydroxylation sites is 1. The number of anilines is 2. The highest BCUT2D eigenvalue weighted by Gasteiger charge is 2.35. The summed E-state index contributed by atoms with van der Waals surface area (Å²) in [7, 11) is 0. The molecule has 0 bridgehead atoms. The van der Waals surface area contributed by atoms with Crippen molar-refractivity contribution in [3.63, 3.8) is 0 Å². The highest BCUT2D eigenvalue weighted by molar-refractivity contribution is 8.01. The monoisotopic (exact) mass is 495 g/mol. The highest BCUT2D eigenvalue weighted by atomic mass is 32.2. The maximum Gasteiger partial charge on any atom is 0.233 e. The molecule has 8 nitrogen and oxygen atoms in total. The van der Waals surface area contributed by atoms with Gasteiger partial charge in [0.1, 0.15) is 11.5 Å². The van der Waals surface area contributed by atoms with Crippen LogP contribution in [-0.2, 0) is 9.59 Å². The van der Waals surface area contributed by atoms with Crippen LogP contribution in [-0.4, -0.2) is 63.7 Å². The lowest BCUT2D eigenvalue weighted by Gasteiger charge is -2.34. The van der Waals surface area contributed by atoms with E-state index in [0.29, 0.717) is 37.1 Å². The van der Waals surface area contributed by atoms with Crippen LogP contribution in [0.3, 0.4) is 0 Å². The largest absolute Gasteiger partial charge is 0.457 e. The van der Waals surface area contributed by atoms with Crippen molar-refractivity contribution in [1.29, 1.82) is 0 Å². The molecule has 10 heteroatoms. The van der Waals surface area contributed by atoms with Gasteiger partial charge in [-0.3, -0.25) is 9.59 Å². The zero-order valence-corrected chi connectivity index (χ0v) is 20.2. The number of ether oxygens (including phenoxy) is 1. The Morgan fingerprint density at radius 3 is 2.32 bits per heavy atom. The van der Waals surface area contributed by atoms with Crippen LogP contribution in [0.5, 0.6) is 11.5 Å². The SMILES string of the molecule is O=C(CSc1nnc(Nc2ccc(Oc3ccccc3)cc2)s1)N1CCN(C(=O)C2CC2)CC1. The Morgan fingerprint density at radius 1 is 0.941 bits per heavy atom. The Kier molecular flexibility index (Phi) is 6.96. The number of piperazine rings is 1. The Labute approximate surface area is 206 Å². The minimum Gasteiger partial charge on any atom is -0.457 e. The molecule has 2 amide bonds. The van der Waals surface area contributed by atoms with Gasteiger partial charge >= 0.3 is 0 Å². The molecule has 0 spiro atoms. The van der Waals surface area contributed by atoms with Gasteiger partial charge in [0.15, 0.2) is 4.34 Å². The van der Waals surface area contributed by atoms with Gasteiger partial charge in [-0.1, -0.05) is 41.3 Å². The molecule has 176 valence electrons. The minimum absolute atomic E-state index is 0.0715. The number of hydrogen-bond acceptors (Lipinski definition) is 8. The van der Waals surface area contributed by atoms with Gasteiger partial charge in [-0.2, -0.15) is 0 Å². The smallest absolute Gasteiger partial charge is 0.233 e. The molecule has 0 radical (unpaired) electrons. The molecule has 1 saturated carbocycles. The lowest BCUT2D eigenvalue weighted by molar-refractivity contribution is -0.139. The summed E-state index contributed by atoms with van der Waals surface area (Å²) in [5.41, 5.74) is 0.878. The van der Waals surface area contributed by atoms with Gasteiger partial charge in [0.25, 0.3) is 0 Å². The van der Waals surface area contributed by atoms with Crippen molar-refractivity contribution in [3.8, 4) is 11.5 Å². The average Bonchev–Trinajstić information content (AvgIpc) is 3.63. The van der Waals surface area contributed by atoms with Crippen LogP contribution in [0, 0.1) is 5.92 Å². The first-order valence-corrected chi connectivity index (χ1v) is 13.1. The third-order valence-electron chi connectivity index (χ3n) is 5.68. The number of nitrogens with one attached hydrogen (secondary N) is 1. The van der Waals surface area contributed by atoms with E-state index in [0.717, 1.165) is 34.4 Å². The van der Waals surface area contributed by atoms with Gasteiger partial charge in [-0.25, -0.2) is 0 Å². The van der Waals surface area contributed by atoms with E-state index in [1.165, 1.54) is 23.1 Å². The molecule has 2 aliphatic rings. The topological polar surface area (TPSA) is 87.7 Å². The van der Waals surface area contributed by atoms with Gasteiger partial charge in [0.2, 0.25) is 16.9 Å². The number of thioether (sulfide) groups is 1. The summed E-state index contributed by atoms with van der Waals surface area (Å²) < 4.78 is 6.55. The van der Waals surface area contributed by atoms with E-state index >= 15 is 0 Å². The van der Waals surface area contributed by atoms with Gasteiger partial charge in [-0.05, 0) is 49.2 Å². The second-order valence-corrected chi connectivity index (χ2v) is 10.4. The quantitative estimate of drug-likeness (QED) is 0.468. The van der Waals surface area contributed by atoms with Crippen molar-refractivity contribution in [1.82, 2.24) is 20.0 Å². The van der Waals surface area contributed by atoms with E-state index in [9.17, 15) is 9.59 Å². The Morgan fingerprint density at radius 2 is 1.62 bits per heavy atom. The van der Waals surface area contributed by atoms with E-state index in [1.54, 1.807) is 0 Å². The number of carbonyl (C=O) groups is 2. The highest BCUT2D eigenvalue weighted by Crippen LogP contribution is 2.32. The fourth-order valence-corrected chi connectivity index (χ4v) is 5.33. The summed E-state index contributed by atoms with van der Waals surface area (Å²) in [6.07, 6.45) is 2.03. The van der Waals surface area contributed by atoms with Gasteiger partial charge in [-0.15, -0.1) is 10.2 Å². The molecule has 1 aliphatic heterocycles. The fraction of sp³-hybridized carbons (Fsp3) is 0.333. The van der Waals surface area contributed by atoms with Crippen molar-refractivity contribution in [2.45, 2.75) is 17.2 Å². The Balaban J connectivity index is 1.07. The molecule has 2 heterocycles. The standard InChI is InChI=1S/C24H25N5O3S2/c30-21(28-12-14-29(15-13-28)22(31)17-6-7-17)16-33-24-27-26-23(34-24)25-18-8-10-20(11-9-18)32-19-4-2-1-3-5-19/h1-5,8-11,17H,6-7,12-16H2,(H,25,26). The molecule has 0 unspecified atom stereocenters. The van der Waals surface area contributed by atoms with Crippen molar-refractivity contribution >= 4 is 45.7 Å². The van der Waals surface area contributed by atoms with Crippen molar-refractivity contribution in [3.05, 3.63) is 54.6 Å². The van der Waals surface area contributed by atoms with Crippen molar-refractivity contribution in [2.75, 3.05) is 37.2 Å². The summed E-state index contributed by atoms with van der Waals surface area (Å²) in [5, 5.41) is 12.3. The second-order valence-electron chi connectivity index (χ2n) is 8.21. The predicted molar refractivity (Wildman–Crippen MR) is 133 cm³/mol. The molecule has 2 fully saturated rings. The molecular formula is C24H25N5O3S2. The van der Waals surface area contributed by atoms with Crippen molar-refractivity contribution < 1.29 is 14.3 Å². The van der Waals surface area contributed by atoms with Crippen LogP contribution in [0.4, 0.5) is 10.8 Å². The van der Waals surface area contributed by atoms with Crippen LogP contribution in [0.25, 0.3) is 0 Å². The number of rotatable bonds is 8. The molecule has 2 aromatic carbocycles. The number of aromatic nitrogens is 2. The summed E-state index contributed by atoms with van der Waals surface area (Å²) in [6.45, 7) is 2.47. The Bertz CT molecular complexity index is 1130. The Hall–Kier alpha value is -3.11. The molecule has 0 atom stereocenters. The first-order valence-electron chi connectivity index (χ1n) is 11.3. The second kappa shape index (κ2) is 10.4. The van der Waals surface area contributed by atoms with E-state index in [2.05, 4.69) is 15.5 Å². The molecular weight excluding hydrogens is 470 g/mol. The lowest BCUT2D eigenvalue weighted by Crippen LogP contribution is -2.51. The number of hydrogen-bond donors (Lipinski definition) is 1. The lowest BCUT2D eigenvalue weighted by atomic mass is 10.2. The van der Waals surface area contributed by atoms with E-state index < -0.39 is 0 Å². The summed E-state index contributed by atoms with van der Waals surface area (Å²) in [5.74, 6) is 2.42. The normalized spacial score (nSPS) is 15.8. The molecule has 1 aromatic heterocycles. The van der Waals surface area contributed by atoms with Crippen LogP contribution in [0.2, 0.25) is 0 Å². The van der Waals surface area contributed by atoms with E-state index in [1.807, 2.05) is 64.4 Å². The molecule has 1 N–H and O–H groups in total. The average molecular weight is 496 g/mol. The summed E-state index contributed by atoms with van der Waals surface area (Å²) >= 11 is 2.80. The molecule has 1 aliphatic carbocycles. The van der Waals surface area contributed by atoms with Gasteiger partial charge < -0.3 is 19.9 Å². The number of carbonyl (C=O) groups excluding carboxylic acids is 2. The molecule has 34 heavy (non-hydrogen) atoms. The zero-order chi connectivity index (χ0) is 23.3. The third-order valence-corrected chi connectivity index (χ3v) is 7.64. The first kappa shape index (κ1) is 22.7. The predicted octanol–water partition coefficient (Wildman–Crippen LogP) is 4.25. The molecule has 3 aromatic rings. The van der Waals surface area contributed by atoms with Crippen molar-refractivity contribution in [2.24, 2.45) is 5.92 Å². The summed E-state index contributed by atoms with van der Waals surface area (Å²) in [6, 6.07) is 17.3. The maximum absolute atomic E-state index is 12.6. The van der Waals surface area contributed by atoms with E-state index in [-0.39, 0.29) is 17.7 Å². The molecule has 1 saturated heterocycles. The van der Waals surface area contributed by atoms with E-state index in [4.69, 9.17) is 4.74 Å². The van der Waals surface area contributed by atoms with Gasteiger partial charge in [0.05, 0.1) is 5.75 Å². The zero-order valence-electron chi connectivity index (χ0n) is 18.6. The van der Waals surface area contributed by atoms with Gasteiger partial charge in [0, 0.05) is 37.8 Å². The fourth-order valence-electron chi connectivity index (χ4n) is 3.65. The molecule has 5 rings (SSSR count). The summed E-state index contributed by atoms with van der Waals surface area (Å²) in [4.78, 5) is 28.5. The number of benzene rings is 2.